The van der Waals surface area contributed by atoms with Gasteiger partial charge in [-0.15, -0.1) is 0 Å². The van der Waals surface area contributed by atoms with Gasteiger partial charge in [0, 0.05) is 19.2 Å². The standard InChI is InChI=1S/C13H19NO/c1-10(9-15-2)14-13-7-11-5-3-4-6-12(11)8-13/h3-6,10,13-14H,7-9H2,1-2H3/t10-/m1/s1. The monoisotopic (exact) mass is 205 g/mol. The van der Waals surface area contributed by atoms with Crippen molar-refractivity contribution < 1.29 is 4.74 Å². The molecule has 1 aromatic rings. The fourth-order valence-electron chi connectivity index (χ4n) is 2.38. The third-order valence-corrected chi connectivity index (χ3v) is 2.99. The molecule has 1 aromatic carbocycles. The molecule has 0 unspecified atom stereocenters. The highest BCUT2D eigenvalue weighted by molar-refractivity contribution is 5.33. The molecule has 2 rings (SSSR count). The zero-order valence-electron chi connectivity index (χ0n) is 9.49. The fourth-order valence-corrected chi connectivity index (χ4v) is 2.38. The molecule has 0 aliphatic heterocycles. The minimum absolute atomic E-state index is 0.439. The summed E-state index contributed by atoms with van der Waals surface area (Å²) in [6, 6.07) is 9.75. The topological polar surface area (TPSA) is 21.3 Å². The molecule has 0 fully saturated rings. The van der Waals surface area contributed by atoms with E-state index >= 15 is 0 Å². The minimum Gasteiger partial charge on any atom is -0.383 e. The van der Waals surface area contributed by atoms with Crippen LogP contribution in [0.4, 0.5) is 0 Å². The number of nitrogens with one attached hydrogen (secondary N) is 1. The molecule has 1 aliphatic rings. The number of benzene rings is 1. The maximum atomic E-state index is 5.13. The second-order valence-corrected chi connectivity index (χ2v) is 4.40. The second kappa shape index (κ2) is 4.77. The first-order chi connectivity index (χ1) is 7.29. The van der Waals surface area contributed by atoms with Gasteiger partial charge in [0.25, 0.3) is 0 Å². The average molecular weight is 205 g/mol. The molecule has 0 amide bonds. The molecule has 1 atom stereocenters. The normalized spacial score (nSPS) is 17.7. The van der Waals surface area contributed by atoms with Crippen LogP contribution in [0.15, 0.2) is 24.3 Å². The quantitative estimate of drug-likeness (QED) is 0.809. The van der Waals surface area contributed by atoms with Crippen molar-refractivity contribution in [2.24, 2.45) is 0 Å². The van der Waals surface area contributed by atoms with Crippen molar-refractivity contribution in [3.63, 3.8) is 0 Å². The molecule has 0 bridgehead atoms. The molecule has 82 valence electrons. The van der Waals surface area contributed by atoms with Gasteiger partial charge in [0.15, 0.2) is 0 Å². The molecule has 2 nitrogen and oxygen atoms in total. The Balaban J connectivity index is 1.90. The number of fused-ring (bicyclic) bond motifs is 1. The van der Waals surface area contributed by atoms with E-state index in [2.05, 4.69) is 36.5 Å². The lowest BCUT2D eigenvalue weighted by Gasteiger charge is -2.18. The average Bonchev–Trinajstić information content (AvgIpc) is 2.59. The van der Waals surface area contributed by atoms with Gasteiger partial charge >= 0.3 is 0 Å². The zero-order chi connectivity index (χ0) is 10.7. The Hall–Kier alpha value is -0.860. The van der Waals surface area contributed by atoms with Crippen LogP contribution in [-0.4, -0.2) is 25.8 Å². The first-order valence-electron chi connectivity index (χ1n) is 5.61. The van der Waals surface area contributed by atoms with E-state index in [-0.39, 0.29) is 0 Å². The van der Waals surface area contributed by atoms with Crippen molar-refractivity contribution in [3.05, 3.63) is 35.4 Å². The number of methoxy groups -OCH3 is 1. The van der Waals surface area contributed by atoms with Gasteiger partial charge in [-0.05, 0) is 30.9 Å². The zero-order valence-corrected chi connectivity index (χ0v) is 9.49. The van der Waals surface area contributed by atoms with Gasteiger partial charge in [-0.2, -0.15) is 0 Å². The van der Waals surface area contributed by atoms with Gasteiger partial charge < -0.3 is 10.1 Å². The summed E-state index contributed by atoms with van der Waals surface area (Å²) in [6.07, 6.45) is 2.31. The fraction of sp³-hybridized carbons (Fsp3) is 0.538. The van der Waals surface area contributed by atoms with Gasteiger partial charge in [0.05, 0.1) is 6.61 Å². The Bertz CT molecular complexity index is 299. The van der Waals surface area contributed by atoms with Crippen LogP contribution in [0.25, 0.3) is 0 Å². The number of ether oxygens (including phenoxy) is 1. The summed E-state index contributed by atoms with van der Waals surface area (Å²) in [7, 11) is 1.75. The molecular formula is C13H19NO. The van der Waals surface area contributed by atoms with Crippen LogP contribution in [0.2, 0.25) is 0 Å². The van der Waals surface area contributed by atoms with Crippen LogP contribution in [0.3, 0.4) is 0 Å². The maximum Gasteiger partial charge on any atom is 0.0613 e. The summed E-state index contributed by atoms with van der Waals surface area (Å²) < 4.78 is 5.13. The molecule has 0 aromatic heterocycles. The lowest BCUT2D eigenvalue weighted by Crippen LogP contribution is -2.39. The number of hydrogen-bond acceptors (Lipinski definition) is 2. The van der Waals surface area contributed by atoms with Gasteiger partial charge in [-0.1, -0.05) is 24.3 Å². The Morgan fingerprint density at radius 1 is 1.33 bits per heavy atom. The summed E-state index contributed by atoms with van der Waals surface area (Å²) >= 11 is 0. The van der Waals surface area contributed by atoms with E-state index in [4.69, 9.17) is 4.74 Å². The molecule has 0 saturated carbocycles. The Labute approximate surface area is 91.6 Å². The third kappa shape index (κ3) is 2.58. The molecular weight excluding hydrogens is 186 g/mol. The predicted molar refractivity (Wildman–Crippen MR) is 62.1 cm³/mol. The Morgan fingerprint density at radius 3 is 2.47 bits per heavy atom. The number of hydrogen-bond donors (Lipinski definition) is 1. The van der Waals surface area contributed by atoms with Crippen molar-refractivity contribution >= 4 is 0 Å². The molecule has 1 N–H and O–H groups in total. The lowest BCUT2D eigenvalue weighted by atomic mass is 10.1. The van der Waals surface area contributed by atoms with Crippen LogP contribution in [-0.2, 0) is 17.6 Å². The maximum absolute atomic E-state index is 5.13. The van der Waals surface area contributed by atoms with Crippen LogP contribution >= 0.6 is 0 Å². The molecule has 0 spiro atoms. The SMILES string of the molecule is COC[C@@H](C)NC1Cc2ccccc2C1. The molecule has 1 aliphatic carbocycles. The Morgan fingerprint density at radius 2 is 1.93 bits per heavy atom. The van der Waals surface area contributed by atoms with E-state index in [9.17, 15) is 0 Å². The van der Waals surface area contributed by atoms with Crippen LogP contribution in [0, 0.1) is 0 Å². The smallest absolute Gasteiger partial charge is 0.0613 e. The van der Waals surface area contributed by atoms with E-state index in [0.29, 0.717) is 12.1 Å². The van der Waals surface area contributed by atoms with Crippen molar-refractivity contribution in [2.75, 3.05) is 13.7 Å². The third-order valence-electron chi connectivity index (χ3n) is 2.99. The highest BCUT2D eigenvalue weighted by atomic mass is 16.5. The van der Waals surface area contributed by atoms with E-state index in [0.717, 1.165) is 19.4 Å². The van der Waals surface area contributed by atoms with E-state index < -0.39 is 0 Å². The van der Waals surface area contributed by atoms with Crippen LogP contribution in [0.1, 0.15) is 18.1 Å². The van der Waals surface area contributed by atoms with Gasteiger partial charge in [0.2, 0.25) is 0 Å². The molecule has 0 radical (unpaired) electrons. The van der Waals surface area contributed by atoms with Crippen molar-refractivity contribution in [3.8, 4) is 0 Å². The molecule has 0 saturated heterocycles. The predicted octanol–water partition coefficient (Wildman–Crippen LogP) is 1.78. The van der Waals surface area contributed by atoms with Crippen LogP contribution in [0.5, 0.6) is 0 Å². The summed E-state index contributed by atoms with van der Waals surface area (Å²) in [4.78, 5) is 0. The van der Waals surface area contributed by atoms with Crippen molar-refractivity contribution in [1.29, 1.82) is 0 Å². The largest absolute Gasteiger partial charge is 0.383 e. The van der Waals surface area contributed by atoms with Gasteiger partial charge in [0.1, 0.15) is 0 Å². The second-order valence-electron chi connectivity index (χ2n) is 4.40. The summed E-state index contributed by atoms with van der Waals surface area (Å²) in [5, 5.41) is 3.60. The minimum atomic E-state index is 0.439. The molecule has 2 heteroatoms. The summed E-state index contributed by atoms with van der Waals surface area (Å²) in [5.41, 5.74) is 3.00. The summed E-state index contributed by atoms with van der Waals surface area (Å²) in [6.45, 7) is 2.96. The highest BCUT2D eigenvalue weighted by Crippen LogP contribution is 2.21. The first kappa shape index (κ1) is 10.7. The summed E-state index contributed by atoms with van der Waals surface area (Å²) in [5.74, 6) is 0. The van der Waals surface area contributed by atoms with E-state index in [1.54, 1.807) is 7.11 Å². The lowest BCUT2D eigenvalue weighted by molar-refractivity contribution is 0.167. The first-order valence-corrected chi connectivity index (χ1v) is 5.61. The Kier molecular flexibility index (Phi) is 3.39. The van der Waals surface area contributed by atoms with E-state index in [1.165, 1.54) is 11.1 Å². The van der Waals surface area contributed by atoms with Crippen LogP contribution < -0.4 is 5.32 Å². The highest BCUT2D eigenvalue weighted by Gasteiger charge is 2.21. The van der Waals surface area contributed by atoms with Gasteiger partial charge in [-0.25, -0.2) is 0 Å². The van der Waals surface area contributed by atoms with Gasteiger partial charge in [-0.3, -0.25) is 0 Å². The van der Waals surface area contributed by atoms with Crippen molar-refractivity contribution in [2.45, 2.75) is 31.8 Å². The molecule has 15 heavy (non-hydrogen) atoms. The molecule has 0 heterocycles. The van der Waals surface area contributed by atoms with Crippen molar-refractivity contribution in [1.82, 2.24) is 5.32 Å². The van der Waals surface area contributed by atoms with E-state index in [1.807, 2.05) is 0 Å². The number of rotatable bonds is 4.